The fourth-order valence-corrected chi connectivity index (χ4v) is 17.2. The Bertz CT molecular complexity index is 6510. The van der Waals surface area contributed by atoms with Crippen molar-refractivity contribution in [3.63, 3.8) is 0 Å². The molecule has 0 saturated carbocycles. The van der Waals surface area contributed by atoms with Gasteiger partial charge in [0.05, 0.1) is 106 Å². The Kier molecular flexibility index (Phi) is 27.2. The molecule has 0 fully saturated rings. The number of anilines is 10. The number of carboxylic acid groups (broad SMARTS) is 1. The van der Waals surface area contributed by atoms with Crippen LogP contribution in [0.25, 0.3) is 94.9 Å². The molecule has 8 aromatic carbocycles. The Hall–Kier alpha value is -12.9. The summed E-state index contributed by atoms with van der Waals surface area (Å²) < 4.78 is 52.3. The molecule has 0 radical (unpaired) electrons. The van der Waals surface area contributed by atoms with Crippen molar-refractivity contribution in [1.29, 1.82) is 0 Å². The molecule has 10 aromatic heterocycles. The molecule has 118 heavy (non-hydrogen) atoms. The predicted octanol–water partition coefficient (Wildman–Crippen LogP) is 20.9. The van der Waals surface area contributed by atoms with E-state index < -0.39 is 18.1 Å². The third kappa shape index (κ3) is 20.8. The zero-order valence-corrected chi connectivity index (χ0v) is 68.3. The van der Waals surface area contributed by atoms with Crippen LogP contribution in [0.5, 0.6) is 0 Å². The standard InChI is InChI=1S/C21H14F3N3OS.C21H16N2O2S.C20H14N2O2S.C19H15N3S.C9H6BrNO2S.Li/c22-21(23,24)20(28)27-19-10-16-17(11-25-12-18(16)29-19)26-15-8-6-14(7-9-15)13-4-2-1-3-5-13;1-25-21(24)19-11-17-18(12-22-13-20(17)26-19)23-16-9-7-15(8-10-16)14-5-3-2-4-6-14;23-20(24)18-10-16-17(11-21-12-19(16)25-18)22-15-8-6-14(7-9-15)13-4-2-1-3-5-13;20-19-10-16-17(11-21-12-18(16)23-19)22-15-8-6-14(7-9-15)13-4-2-1-3-5-13;1-13-9(12)7-2-5-6(10)3-11-4-8(5)14-7;/h1-12,26H,(H,27,28);2-13,23H,1H3;1-12,22H,(H,23,24);1-12,22H,20H2;2-4H,1H3;/q;;;;;+1/p-1. The summed E-state index contributed by atoms with van der Waals surface area (Å²) in [5.74, 6) is -3.80. The van der Waals surface area contributed by atoms with Crippen LogP contribution in [0.4, 0.5) is 68.7 Å². The van der Waals surface area contributed by atoms with Gasteiger partial charge in [-0.25, -0.2) is 9.59 Å². The van der Waals surface area contributed by atoms with E-state index in [-0.39, 0.29) is 40.7 Å². The number of aromatic carboxylic acids is 1. The number of methoxy groups -OCH3 is 2. The fraction of sp³-hybridized carbons (Fsp3) is 0.0333. The van der Waals surface area contributed by atoms with Crippen molar-refractivity contribution < 1.29 is 65.8 Å². The van der Waals surface area contributed by atoms with Crippen LogP contribution in [0.2, 0.25) is 0 Å². The molecule has 18 rings (SSSR count). The number of nitrogens with one attached hydrogen (secondary N) is 5. The first kappa shape index (κ1) is 83.0. The summed E-state index contributed by atoms with van der Waals surface area (Å²) in [6.45, 7) is 0. The molecule has 0 bridgehead atoms. The second kappa shape index (κ2) is 38.7. The second-order valence-electron chi connectivity index (χ2n) is 25.5. The van der Waals surface area contributed by atoms with E-state index in [0.29, 0.717) is 25.5 Å². The minimum Gasteiger partial charge on any atom is -0.544 e. The van der Waals surface area contributed by atoms with Gasteiger partial charge in [0.2, 0.25) is 0 Å². The molecule has 0 unspecified atom stereocenters. The van der Waals surface area contributed by atoms with Crippen molar-refractivity contribution in [2.24, 2.45) is 0 Å². The maximum Gasteiger partial charge on any atom is 1.00 e. The van der Waals surface area contributed by atoms with Gasteiger partial charge in [0.15, 0.2) is 0 Å². The Morgan fingerprint density at radius 1 is 0.364 bits per heavy atom. The summed E-state index contributed by atoms with van der Waals surface area (Å²) in [6, 6.07) is 82.0. The van der Waals surface area contributed by atoms with Gasteiger partial charge in [0.25, 0.3) is 0 Å². The fourth-order valence-electron chi connectivity index (χ4n) is 12.1. The molecule has 0 spiro atoms. The molecule has 10 heterocycles. The number of carbonyl (C=O) groups is 4. The molecule has 1 amide bonds. The first-order chi connectivity index (χ1) is 56.9. The van der Waals surface area contributed by atoms with Crippen LogP contribution in [0.1, 0.15) is 29.0 Å². The zero-order valence-electron chi connectivity index (χ0n) is 62.7. The maximum atomic E-state index is 12.5. The van der Waals surface area contributed by atoms with Crippen LogP contribution in [-0.2, 0) is 14.3 Å². The number of aromatic nitrogens is 5. The number of thiophene rings is 5. The van der Waals surface area contributed by atoms with E-state index in [0.717, 1.165) is 129 Å². The number of alkyl halides is 3. The molecular formula is C90H64BrF3LiN11O7S5. The summed E-state index contributed by atoms with van der Waals surface area (Å²) in [5, 5.41) is 31.8. The predicted molar refractivity (Wildman–Crippen MR) is 473 cm³/mol. The number of ether oxygens (including phenoxy) is 2. The molecule has 7 N–H and O–H groups in total. The number of carboxylic acids is 1. The average Bonchev–Trinajstić information content (AvgIpc) is 1.66. The summed E-state index contributed by atoms with van der Waals surface area (Å²) in [6.07, 6.45) is 12.2. The minimum atomic E-state index is -4.93. The number of nitrogens with zero attached hydrogens (tertiary/aromatic N) is 5. The normalized spacial score (nSPS) is 10.8. The summed E-state index contributed by atoms with van der Waals surface area (Å²) in [4.78, 5) is 67.5. The molecule has 18 nitrogen and oxygen atoms in total. The minimum absolute atomic E-state index is 0. The van der Waals surface area contributed by atoms with E-state index >= 15 is 0 Å². The molecule has 0 saturated heterocycles. The molecule has 0 aliphatic rings. The van der Waals surface area contributed by atoms with Gasteiger partial charge in [-0.1, -0.05) is 170 Å². The van der Waals surface area contributed by atoms with E-state index in [1.54, 1.807) is 73.0 Å². The molecule has 0 aliphatic carbocycles. The number of hydrogen-bond acceptors (Lipinski definition) is 22. The van der Waals surface area contributed by atoms with Crippen LogP contribution in [0, 0.1) is 0 Å². The van der Waals surface area contributed by atoms with Crippen LogP contribution < -0.4 is 56.3 Å². The van der Waals surface area contributed by atoms with E-state index in [1.165, 1.54) is 71.0 Å². The number of fused-ring (bicyclic) bond motifs is 5. The smallest absolute Gasteiger partial charge is 0.544 e. The van der Waals surface area contributed by atoms with Crippen LogP contribution in [-0.4, -0.2) is 69.1 Å². The van der Waals surface area contributed by atoms with Gasteiger partial charge in [-0.15, -0.1) is 56.7 Å². The van der Waals surface area contributed by atoms with Crippen molar-refractivity contribution in [2.45, 2.75) is 6.18 Å². The summed E-state index contributed by atoms with van der Waals surface area (Å²) in [7, 11) is 2.76. The van der Waals surface area contributed by atoms with Crippen LogP contribution in [0.15, 0.2) is 315 Å². The van der Waals surface area contributed by atoms with Crippen molar-refractivity contribution in [3.05, 3.63) is 330 Å². The van der Waals surface area contributed by atoms with E-state index in [2.05, 4.69) is 152 Å². The van der Waals surface area contributed by atoms with Crippen LogP contribution >= 0.6 is 72.6 Å². The van der Waals surface area contributed by atoms with Gasteiger partial charge >= 0.3 is 42.9 Å². The second-order valence-corrected chi connectivity index (χ2v) is 31.8. The molecule has 0 atom stereocenters. The van der Waals surface area contributed by atoms with E-state index in [1.807, 2.05) is 163 Å². The molecular weight excluding hydrogens is 1650 g/mol. The van der Waals surface area contributed by atoms with E-state index in [4.69, 9.17) is 10.5 Å². The van der Waals surface area contributed by atoms with Crippen molar-refractivity contribution in [1.82, 2.24) is 24.9 Å². The number of benzene rings is 8. The quantitative estimate of drug-likeness (QED) is 0.0388. The maximum absolute atomic E-state index is 12.5. The number of rotatable bonds is 16. The number of carbonyl (C=O) groups excluding carboxylic acids is 4. The van der Waals surface area contributed by atoms with E-state index in [9.17, 15) is 37.5 Å². The first-order valence-corrected chi connectivity index (χ1v) is 40.5. The van der Waals surface area contributed by atoms with Gasteiger partial charge in [0.1, 0.15) is 9.75 Å². The van der Waals surface area contributed by atoms with Crippen molar-refractivity contribution >= 4 is 202 Å². The third-order valence-corrected chi connectivity index (χ3v) is 23.4. The van der Waals surface area contributed by atoms with Crippen LogP contribution in [0.3, 0.4) is 0 Å². The third-order valence-electron chi connectivity index (χ3n) is 17.8. The topological polar surface area (TPSA) is 260 Å². The Balaban J connectivity index is 0.000000129. The number of halogens is 4. The van der Waals surface area contributed by atoms with Gasteiger partial charge < -0.3 is 51.7 Å². The average molecular weight is 1720 g/mol. The summed E-state index contributed by atoms with van der Waals surface area (Å²) in [5.41, 5.74) is 22.1. The van der Waals surface area contributed by atoms with Gasteiger partial charge in [0, 0.05) is 91.3 Å². The Morgan fingerprint density at radius 2 is 0.644 bits per heavy atom. The van der Waals surface area contributed by atoms with Gasteiger partial charge in [-0.3, -0.25) is 29.7 Å². The largest absolute Gasteiger partial charge is 1.00 e. The molecule has 580 valence electrons. The number of nitrogen functional groups attached to an aromatic ring is 1. The Labute approximate surface area is 714 Å². The van der Waals surface area contributed by atoms with Crippen molar-refractivity contribution in [3.8, 4) is 44.5 Å². The van der Waals surface area contributed by atoms with Gasteiger partial charge in [-0.2, -0.15) is 13.2 Å². The number of amides is 1. The number of esters is 2. The zero-order chi connectivity index (χ0) is 81.4. The monoisotopic (exact) mass is 1710 g/mol. The Morgan fingerprint density at radius 3 is 0.975 bits per heavy atom. The summed E-state index contributed by atoms with van der Waals surface area (Å²) >= 11 is 9.88. The van der Waals surface area contributed by atoms with Crippen molar-refractivity contribution in [2.75, 3.05) is 46.5 Å². The number of pyridine rings is 5. The number of nitrogens with two attached hydrogens (primary N) is 1. The number of hydrogen-bond donors (Lipinski definition) is 6. The molecule has 18 aromatic rings. The molecule has 0 aliphatic heterocycles. The first-order valence-electron chi connectivity index (χ1n) is 35.6. The molecule has 28 heteroatoms. The van der Waals surface area contributed by atoms with Gasteiger partial charge in [-0.05, 0) is 139 Å². The SMILES string of the molecule is COC(=O)c1cc2c(Br)cncc2s1.COC(=O)c1cc2c(Nc3ccc(-c4ccccc4)cc3)cncc2s1.Nc1cc2c(Nc3ccc(-c4ccccc4)cc3)cncc2s1.O=C(Nc1cc2c(Nc3ccc(-c4ccccc4)cc3)cncc2s1)C(F)(F)F.O=C([O-])c1cc2c(Nc3ccc(-c4ccccc4)cc3)cncc2s1.[Li+].